The first-order valence-electron chi connectivity index (χ1n) is 9.28. The summed E-state index contributed by atoms with van der Waals surface area (Å²) in [5.74, 6) is 1.23. The van der Waals surface area contributed by atoms with Crippen LogP contribution in [0.2, 0.25) is 10.0 Å². The third-order valence-electron chi connectivity index (χ3n) is 4.95. The van der Waals surface area contributed by atoms with E-state index in [2.05, 4.69) is 20.7 Å². The lowest BCUT2D eigenvalue weighted by atomic mass is 9.95. The van der Waals surface area contributed by atoms with Crippen molar-refractivity contribution in [2.45, 2.75) is 13.0 Å². The summed E-state index contributed by atoms with van der Waals surface area (Å²) < 4.78 is 12.3. The lowest BCUT2D eigenvalue weighted by Gasteiger charge is -2.29. The Bertz CT molecular complexity index is 1190. The zero-order valence-corrected chi connectivity index (χ0v) is 18.5. The normalized spacial score (nSPS) is 15.2. The third kappa shape index (κ3) is 3.92. The lowest BCUT2D eigenvalue weighted by molar-refractivity contribution is -0.113. The summed E-state index contributed by atoms with van der Waals surface area (Å²) in [5.41, 5.74) is 2.18. The summed E-state index contributed by atoms with van der Waals surface area (Å²) in [6, 6.07) is 9.67. The van der Waals surface area contributed by atoms with Crippen LogP contribution in [0.3, 0.4) is 0 Å². The Morgan fingerprint density at radius 1 is 1.16 bits per heavy atom. The topological polar surface area (TPSA) is 90.3 Å². The molecule has 4 rings (SSSR count). The van der Waals surface area contributed by atoms with Crippen LogP contribution in [0.5, 0.6) is 11.5 Å². The molecule has 2 aromatic carbocycles. The fourth-order valence-corrected chi connectivity index (χ4v) is 4.01. The molecule has 0 radical (unpaired) electrons. The summed E-state index contributed by atoms with van der Waals surface area (Å²) in [4.78, 5) is 17.7. The van der Waals surface area contributed by atoms with E-state index in [0.717, 1.165) is 0 Å². The fraction of sp³-hybridized carbons (Fsp3) is 0.190. The Hall–Kier alpha value is -3.23. The monoisotopic (exact) mass is 459 g/mol. The van der Waals surface area contributed by atoms with Gasteiger partial charge in [-0.1, -0.05) is 29.3 Å². The van der Waals surface area contributed by atoms with Gasteiger partial charge in [-0.05, 0) is 31.2 Å². The van der Waals surface area contributed by atoms with Crippen LogP contribution in [-0.4, -0.2) is 34.9 Å². The molecule has 0 spiro atoms. The number of nitrogens with zero attached hydrogens (tertiary/aromatic N) is 3. The second-order valence-corrected chi connectivity index (χ2v) is 7.62. The van der Waals surface area contributed by atoms with E-state index in [4.69, 9.17) is 32.7 Å². The molecular formula is C21H19Cl2N5O3. The van der Waals surface area contributed by atoms with Crippen molar-refractivity contribution in [2.75, 3.05) is 24.9 Å². The molecule has 160 valence electrons. The van der Waals surface area contributed by atoms with Gasteiger partial charge in [0.05, 0.1) is 25.5 Å². The Balaban J connectivity index is 1.79. The van der Waals surface area contributed by atoms with E-state index >= 15 is 0 Å². The number of fused-ring (bicyclic) bond motifs is 1. The number of aromatic nitrogens is 3. The molecule has 1 aliphatic rings. The smallest absolute Gasteiger partial charge is 0.255 e. The highest BCUT2D eigenvalue weighted by Crippen LogP contribution is 2.39. The van der Waals surface area contributed by atoms with E-state index in [-0.39, 0.29) is 5.91 Å². The Labute approximate surface area is 188 Å². The molecule has 0 unspecified atom stereocenters. The fourth-order valence-electron chi connectivity index (χ4n) is 3.50. The first-order valence-corrected chi connectivity index (χ1v) is 10.0. The Kier molecular flexibility index (Phi) is 5.75. The van der Waals surface area contributed by atoms with Gasteiger partial charge in [0.2, 0.25) is 5.95 Å². The van der Waals surface area contributed by atoms with E-state index in [1.165, 1.54) is 13.4 Å². The van der Waals surface area contributed by atoms with Crippen LogP contribution in [-0.2, 0) is 4.79 Å². The molecule has 31 heavy (non-hydrogen) atoms. The van der Waals surface area contributed by atoms with E-state index in [1.54, 1.807) is 55.1 Å². The number of allylic oxidation sites excluding steroid dienone is 1. The summed E-state index contributed by atoms with van der Waals surface area (Å²) in [6.45, 7) is 1.80. The predicted octanol–water partition coefficient (Wildman–Crippen LogP) is 4.53. The van der Waals surface area contributed by atoms with Gasteiger partial charge in [0.15, 0.2) is 0 Å². The molecule has 1 atom stereocenters. The number of carbonyl (C=O) groups excluding carboxylic acids is 1. The summed E-state index contributed by atoms with van der Waals surface area (Å²) >= 11 is 12.6. The van der Waals surface area contributed by atoms with E-state index in [1.807, 2.05) is 0 Å². The van der Waals surface area contributed by atoms with Gasteiger partial charge in [0.25, 0.3) is 5.91 Å². The Morgan fingerprint density at radius 2 is 1.97 bits per heavy atom. The Morgan fingerprint density at radius 3 is 2.68 bits per heavy atom. The highest BCUT2D eigenvalue weighted by molar-refractivity contribution is 6.35. The van der Waals surface area contributed by atoms with Crippen molar-refractivity contribution in [3.63, 3.8) is 0 Å². The van der Waals surface area contributed by atoms with Crippen molar-refractivity contribution in [3.8, 4) is 11.5 Å². The van der Waals surface area contributed by atoms with Gasteiger partial charge in [0, 0.05) is 27.4 Å². The molecule has 0 bridgehead atoms. The van der Waals surface area contributed by atoms with Crippen LogP contribution in [0.15, 0.2) is 54.0 Å². The lowest BCUT2D eigenvalue weighted by Crippen LogP contribution is -2.31. The van der Waals surface area contributed by atoms with E-state index in [9.17, 15) is 4.79 Å². The first kappa shape index (κ1) is 21.0. The van der Waals surface area contributed by atoms with Crippen LogP contribution in [0.25, 0.3) is 0 Å². The molecule has 0 fully saturated rings. The maximum Gasteiger partial charge on any atom is 0.255 e. The van der Waals surface area contributed by atoms with Gasteiger partial charge >= 0.3 is 0 Å². The van der Waals surface area contributed by atoms with Crippen molar-refractivity contribution >= 4 is 40.7 Å². The third-order valence-corrected chi connectivity index (χ3v) is 5.51. The van der Waals surface area contributed by atoms with E-state index in [0.29, 0.717) is 50.0 Å². The number of nitrogens with one attached hydrogen (secondary N) is 2. The minimum Gasteiger partial charge on any atom is -0.497 e. The maximum atomic E-state index is 13.5. The SMILES string of the molecule is COc1ccc(OC)c(NC(=O)C2=C(C)Nc3ncnn3[C@@H]2c2ccc(Cl)cc2Cl)c1. The molecule has 2 N–H and O–H groups in total. The molecule has 0 saturated heterocycles. The first-order chi connectivity index (χ1) is 14.9. The average Bonchev–Trinajstić information content (AvgIpc) is 3.21. The second-order valence-electron chi connectivity index (χ2n) is 6.78. The number of methoxy groups -OCH3 is 2. The highest BCUT2D eigenvalue weighted by Gasteiger charge is 2.35. The number of ether oxygens (including phenoxy) is 2. The van der Waals surface area contributed by atoms with Gasteiger partial charge in [-0.3, -0.25) is 4.79 Å². The molecule has 3 aromatic rings. The molecule has 0 saturated carbocycles. The van der Waals surface area contributed by atoms with Crippen LogP contribution < -0.4 is 20.1 Å². The molecule has 1 aromatic heterocycles. The standard InChI is InChI=1S/C21H19Cl2N5O3/c1-11-18(20(29)27-16-9-13(30-2)5-7-17(16)31-3)19(28-21(26-11)24-10-25-28)14-6-4-12(22)8-15(14)23/h4-10,19H,1-3H3,(H,27,29)(H,24,25,26)/t19-/m1/s1. The number of hydrogen-bond acceptors (Lipinski definition) is 6. The van der Waals surface area contributed by atoms with Crippen molar-refractivity contribution in [2.24, 2.45) is 0 Å². The zero-order valence-electron chi connectivity index (χ0n) is 16.9. The number of benzene rings is 2. The van der Waals surface area contributed by atoms with Gasteiger partial charge < -0.3 is 20.1 Å². The number of amides is 1. The minimum atomic E-state index is -0.611. The van der Waals surface area contributed by atoms with Crippen molar-refractivity contribution < 1.29 is 14.3 Å². The van der Waals surface area contributed by atoms with Crippen molar-refractivity contribution in [1.82, 2.24) is 14.8 Å². The quantitative estimate of drug-likeness (QED) is 0.582. The van der Waals surface area contributed by atoms with Gasteiger partial charge in [0.1, 0.15) is 23.9 Å². The highest BCUT2D eigenvalue weighted by atomic mass is 35.5. The minimum absolute atomic E-state index is 0.353. The number of hydrogen-bond donors (Lipinski definition) is 2. The van der Waals surface area contributed by atoms with Crippen LogP contribution in [0, 0.1) is 0 Å². The van der Waals surface area contributed by atoms with E-state index < -0.39 is 6.04 Å². The largest absolute Gasteiger partial charge is 0.497 e. The molecule has 1 amide bonds. The summed E-state index contributed by atoms with van der Waals surface area (Å²) in [7, 11) is 3.08. The second kappa shape index (κ2) is 8.49. The molecular weight excluding hydrogens is 441 g/mol. The summed E-state index contributed by atoms with van der Waals surface area (Å²) in [6.07, 6.45) is 1.42. The molecule has 2 heterocycles. The maximum absolute atomic E-state index is 13.5. The predicted molar refractivity (Wildman–Crippen MR) is 119 cm³/mol. The van der Waals surface area contributed by atoms with Crippen LogP contribution in [0.4, 0.5) is 11.6 Å². The molecule has 1 aliphatic heterocycles. The zero-order chi connectivity index (χ0) is 22.1. The van der Waals surface area contributed by atoms with Gasteiger partial charge in [-0.25, -0.2) is 4.68 Å². The van der Waals surface area contributed by atoms with Gasteiger partial charge in [-0.2, -0.15) is 10.1 Å². The number of halogens is 2. The average molecular weight is 460 g/mol. The van der Waals surface area contributed by atoms with Crippen LogP contribution in [0.1, 0.15) is 18.5 Å². The molecule has 8 nitrogen and oxygen atoms in total. The van der Waals surface area contributed by atoms with Gasteiger partial charge in [-0.15, -0.1) is 0 Å². The molecule has 0 aliphatic carbocycles. The van der Waals surface area contributed by atoms with Crippen molar-refractivity contribution in [3.05, 3.63) is 69.6 Å². The molecule has 10 heteroatoms. The number of rotatable bonds is 5. The summed E-state index contributed by atoms with van der Waals surface area (Å²) in [5, 5.41) is 11.3. The number of anilines is 2. The van der Waals surface area contributed by atoms with Crippen molar-refractivity contribution in [1.29, 1.82) is 0 Å². The number of carbonyl (C=O) groups is 1. The van der Waals surface area contributed by atoms with Crippen LogP contribution >= 0.6 is 23.2 Å².